The minimum atomic E-state index is -0.432. The highest BCUT2D eigenvalue weighted by Gasteiger charge is 2.11. The molecule has 0 radical (unpaired) electrons. The van der Waals surface area contributed by atoms with Crippen molar-refractivity contribution in [2.75, 3.05) is 6.61 Å². The Labute approximate surface area is 162 Å². The van der Waals surface area contributed by atoms with Crippen molar-refractivity contribution in [3.63, 3.8) is 0 Å². The number of ether oxygens (including phenoxy) is 1. The maximum absolute atomic E-state index is 12.1. The van der Waals surface area contributed by atoms with Crippen LogP contribution in [0.1, 0.15) is 35.7 Å². The van der Waals surface area contributed by atoms with Crippen LogP contribution in [0.2, 0.25) is 5.02 Å². The van der Waals surface area contributed by atoms with Crippen molar-refractivity contribution >= 4 is 29.2 Å². The minimum absolute atomic E-state index is 0.0206. The van der Waals surface area contributed by atoms with E-state index in [1.807, 2.05) is 6.92 Å². The van der Waals surface area contributed by atoms with Crippen molar-refractivity contribution in [1.29, 1.82) is 0 Å². The molecule has 2 aromatic carbocycles. The van der Waals surface area contributed by atoms with Gasteiger partial charge >= 0.3 is 0 Å². The minimum Gasteiger partial charge on any atom is -0.494 e. The molecule has 0 heterocycles. The first-order chi connectivity index (χ1) is 13.0. The van der Waals surface area contributed by atoms with Crippen molar-refractivity contribution in [3.05, 3.63) is 64.7 Å². The Kier molecular flexibility index (Phi) is 7.82. The molecule has 2 aromatic rings. The summed E-state index contributed by atoms with van der Waals surface area (Å²) in [6.45, 7) is 2.43. The normalized spacial score (nSPS) is 10.1. The molecule has 0 spiro atoms. The van der Waals surface area contributed by atoms with Crippen molar-refractivity contribution < 1.29 is 19.1 Å². The summed E-state index contributed by atoms with van der Waals surface area (Å²) in [5.74, 6) is -0.252. The van der Waals surface area contributed by atoms with Gasteiger partial charge in [-0.1, -0.05) is 23.7 Å². The Morgan fingerprint density at radius 1 is 0.889 bits per heavy atom. The van der Waals surface area contributed by atoms with Crippen molar-refractivity contribution in [1.82, 2.24) is 10.9 Å². The van der Waals surface area contributed by atoms with Crippen LogP contribution in [0, 0.1) is 0 Å². The predicted octanol–water partition coefficient (Wildman–Crippen LogP) is 3.09. The number of hydrogen-bond acceptors (Lipinski definition) is 4. The topological polar surface area (TPSA) is 84.5 Å². The molecule has 6 nitrogen and oxygen atoms in total. The average Bonchev–Trinajstić information content (AvgIpc) is 2.67. The first-order valence-corrected chi connectivity index (χ1v) is 8.94. The smallest absolute Gasteiger partial charge is 0.242 e. The summed E-state index contributed by atoms with van der Waals surface area (Å²) in [5.41, 5.74) is 5.93. The number of Topliss-reactive ketones (excluding diaryl/α,β-unsaturated/α-hetero) is 1. The van der Waals surface area contributed by atoms with Gasteiger partial charge in [0.05, 0.1) is 13.0 Å². The van der Waals surface area contributed by atoms with Crippen molar-refractivity contribution in [2.45, 2.75) is 26.2 Å². The number of halogens is 1. The fraction of sp³-hybridized carbons (Fsp3) is 0.250. The molecular weight excluding hydrogens is 368 g/mol. The van der Waals surface area contributed by atoms with Crippen molar-refractivity contribution in [2.24, 2.45) is 0 Å². The van der Waals surface area contributed by atoms with Gasteiger partial charge in [-0.2, -0.15) is 0 Å². The van der Waals surface area contributed by atoms with Crippen LogP contribution < -0.4 is 15.6 Å². The summed E-state index contributed by atoms with van der Waals surface area (Å²) in [6, 6.07) is 13.6. The number of carbonyl (C=O) groups is 3. The predicted molar refractivity (Wildman–Crippen MR) is 103 cm³/mol. The number of hydrazine groups is 1. The molecule has 0 aliphatic rings. The molecule has 0 fully saturated rings. The van der Waals surface area contributed by atoms with Crippen LogP contribution in [0.25, 0.3) is 0 Å². The van der Waals surface area contributed by atoms with Gasteiger partial charge in [-0.25, -0.2) is 0 Å². The lowest BCUT2D eigenvalue weighted by atomic mass is 10.1. The van der Waals surface area contributed by atoms with Crippen LogP contribution in [0.15, 0.2) is 48.5 Å². The van der Waals surface area contributed by atoms with E-state index in [9.17, 15) is 14.4 Å². The second-order valence-corrected chi connectivity index (χ2v) is 6.22. The maximum atomic E-state index is 12.1. The molecule has 0 aliphatic carbocycles. The second kappa shape index (κ2) is 10.3. The molecule has 142 valence electrons. The number of ketones is 1. The molecule has 0 aromatic heterocycles. The Morgan fingerprint density at radius 3 is 2.15 bits per heavy atom. The molecule has 2 N–H and O–H groups in total. The van der Waals surface area contributed by atoms with E-state index in [2.05, 4.69) is 10.9 Å². The van der Waals surface area contributed by atoms with Crippen LogP contribution in [0.5, 0.6) is 5.75 Å². The van der Waals surface area contributed by atoms with Crippen LogP contribution in [-0.4, -0.2) is 24.2 Å². The Hall–Kier alpha value is -2.86. The van der Waals surface area contributed by atoms with Crippen LogP contribution in [0.3, 0.4) is 0 Å². The summed E-state index contributed by atoms with van der Waals surface area (Å²) in [4.78, 5) is 35.7. The Morgan fingerprint density at radius 2 is 1.52 bits per heavy atom. The highest BCUT2D eigenvalue weighted by molar-refractivity contribution is 6.30. The molecule has 7 heteroatoms. The van der Waals surface area contributed by atoms with E-state index in [0.29, 0.717) is 22.9 Å². The summed E-state index contributed by atoms with van der Waals surface area (Å²) in [5, 5.41) is 0.588. The first-order valence-electron chi connectivity index (χ1n) is 8.56. The second-order valence-electron chi connectivity index (χ2n) is 5.78. The molecular formula is C20H21ClN2O4. The number of carbonyl (C=O) groups excluding carboxylic acids is 3. The summed E-state index contributed by atoms with van der Waals surface area (Å²) in [6.07, 6.45) is 0.142. The summed E-state index contributed by atoms with van der Waals surface area (Å²) >= 11 is 5.79. The number of rotatable bonds is 8. The van der Waals surface area contributed by atoms with Gasteiger partial charge in [0.15, 0.2) is 5.78 Å². The maximum Gasteiger partial charge on any atom is 0.242 e. The van der Waals surface area contributed by atoms with Crippen LogP contribution >= 0.6 is 11.6 Å². The number of benzene rings is 2. The molecule has 2 rings (SSSR count). The lowest BCUT2D eigenvalue weighted by Crippen LogP contribution is -2.42. The van der Waals surface area contributed by atoms with Crippen LogP contribution in [0.4, 0.5) is 0 Å². The van der Waals surface area contributed by atoms with E-state index in [4.69, 9.17) is 16.3 Å². The zero-order valence-corrected chi connectivity index (χ0v) is 15.7. The van der Waals surface area contributed by atoms with Crippen molar-refractivity contribution in [3.8, 4) is 5.75 Å². The van der Waals surface area contributed by atoms with E-state index >= 15 is 0 Å². The molecule has 0 unspecified atom stereocenters. The van der Waals surface area contributed by atoms with Gasteiger partial charge in [0.1, 0.15) is 5.75 Å². The molecule has 2 amide bonds. The SMILES string of the molecule is CCOc1ccc(C(=O)CCC(=O)NNC(=O)Cc2ccc(Cl)cc2)cc1. The quantitative estimate of drug-likeness (QED) is 0.537. The molecule has 0 bridgehead atoms. The van der Waals surface area contributed by atoms with Gasteiger partial charge in [-0.3, -0.25) is 25.2 Å². The van der Waals surface area contributed by atoms with Crippen LogP contribution in [-0.2, 0) is 16.0 Å². The molecule has 0 saturated heterocycles. The Bertz CT molecular complexity index is 789. The lowest BCUT2D eigenvalue weighted by Gasteiger charge is -2.08. The fourth-order valence-electron chi connectivity index (χ4n) is 2.31. The lowest BCUT2D eigenvalue weighted by molar-refractivity contribution is -0.128. The van der Waals surface area contributed by atoms with Gasteiger partial charge in [0.25, 0.3) is 0 Å². The number of amides is 2. The fourth-order valence-corrected chi connectivity index (χ4v) is 2.43. The molecule has 27 heavy (non-hydrogen) atoms. The molecule has 0 saturated carbocycles. The standard InChI is InChI=1S/C20H21ClN2O4/c1-2-27-17-9-5-15(6-10-17)18(24)11-12-19(25)22-23-20(26)13-14-3-7-16(21)8-4-14/h3-10H,2,11-13H2,1H3,(H,22,25)(H,23,26). The van der Waals surface area contributed by atoms with Gasteiger partial charge < -0.3 is 4.74 Å². The van der Waals surface area contributed by atoms with E-state index in [-0.39, 0.29) is 31.0 Å². The van der Waals surface area contributed by atoms with E-state index in [1.165, 1.54) is 0 Å². The third kappa shape index (κ3) is 7.11. The van der Waals surface area contributed by atoms with E-state index in [1.54, 1.807) is 48.5 Å². The van der Waals surface area contributed by atoms with E-state index in [0.717, 1.165) is 5.56 Å². The van der Waals surface area contributed by atoms with Gasteiger partial charge in [-0.15, -0.1) is 0 Å². The average molecular weight is 389 g/mol. The zero-order valence-electron chi connectivity index (χ0n) is 15.0. The third-order valence-corrected chi connectivity index (χ3v) is 3.94. The van der Waals surface area contributed by atoms with Gasteiger partial charge in [0, 0.05) is 23.4 Å². The monoisotopic (exact) mass is 388 g/mol. The van der Waals surface area contributed by atoms with E-state index < -0.39 is 5.91 Å². The highest BCUT2D eigenvalue weighted by atomic mass is 35.5. The zero-order chi connectivity index (χ0) is 19.6. The number of hydrogen-bond donors (Lipinski definition) is 2. The van der Waals surface area contributed by atoms with Gasteiger partial charge in [0.2, 0.25) is 11.8 Å². The molecule has 0 aliphatic heterocycles. The Balaban J connectivity index is 1.71. The first kappa shape index (κ1) is 20.5. The highest BCUT2D eigenvalue weighted by Crippen LogP contribution is 2.14. The molecule has 0 atom stereocenters. The van der Waals surface area contributed by atoms with Gasteiger partial charge in [-0.05, 0) is 48.9 Å². The third-order valence-electron chi connectivity index (χ3n) is 3.69. The summed E-state index contributed by atoms with van der Waals surface area (Å²) < 4.78 is 5.32. The number of nitrogens with one attached hydrogen (secondary N) is 2. The summed E-state index contributed by atoms with van der Waals surface area (Å²) in [7, 11) is 0. The largest absolute Gasteiger partial charge is 0.494 e.